The second-order valence-corrected chi connectivity index (χ2v) is 3.19. The quantitative estimate of drug-likeness (QED) is 0.527. The third-order valence-corrected chi connectivity index (χ3v) is 1.65. The number of rotatable bonds is 0. The Morgan fingerprint density at radius 1 is 1.27 bits per heavy atom. The van der Waals surface area contributed by atoms with Crippen LogP contribution in [-0.4, -0.2) is 31.2 Å². The lowest BCUT2D eigenvalue weighted by Gasteiger charge is -2.23. The molecule has 1 heterocycles. The normalized spacial score (nSPS) is 20.7. The highest BCUT2D eigenvalue weighted by Gasteiger charge is 2.14. The van der Waals surface area contributed by atoms with E-state index in [-0.39, 0.29) is 0 Å². The van der Waals surface area contributed by atoms with Crippen molar-refractivity contribution in [2.45, 2.75) is 39.3 Å². The van der Waals surface area contributed by atoms with Crippen LogP contribution in [0.25, 0.3) is 0 Å². The Bertz CT molecular complexity index is 67.6. The maximum atomic E-state index is 12.3. The molecule has 0 spiro atoms. The number of likely N-dealkylation sites (tertiary alicyclic amines) is 1. The second kappa shape index (κ2) is 6.59. The van der Waals surface area contributed by atoms with Crippen molar-refractivity contribution >= 4 is 0 Å². The fraction of sp³-hybridized carbons (Fsp3) is 1.00. The van der Waals surface area contributed by atoms with Crippen molar-refractivity contribution in [2.75, 3.05) is 20.1 Å². The summed E-state index contributed by atoms with van der Waals surface area (Å²) in [4.78, 5) is 2.16. The van der Waals surface area contributed by atoms with Crippen molar-refractivity contribution in [2.24, 2.45) is 0 Å². The van der Waals surface area contributed by atoms with E-state index in [0.29, 0.717) is 0 Å². The Hall–Kier alpha value is -0.110. The zero-order valence-electron chi connectivity index (χ0n) is 7.94. The number of halogens is 1. The van der Waals surface area contributed by atoms with E-state index in [4.69, 9.17) is 0 Å². The van der Waals surface area contributed by atoms with Gasteiger partial charge in [0.1, 0.15) is 6.17 Å². The van der Waals surface area contributed by atoms with E-state index in [0.717, 1.165) is 25.9 Å². The maximum absolute atomic E-state index is 12.3. The first kappa shape index (κ1) is 10.9. The van der Waals surface area contributed by atoms with Gasteiger partial charge >= 0.3 is 0 Å². The molecule has 0 radical (unpaired) electrons. The van der Waals surface area contributed by atoms with E-state index < -0.39 is 6.17 Å². The van der Waals surface area contributed by atoms with E-state index in [1.54, 1.807) is 0 Å². The van der Waals surface area contributed by atoms with Crippen LogP contribution in [0.5, 0.6) is 0 Å². The van der Waals surface area contributed by atoms with E-state index in [2.05, 4.69) is 18.7 Å². The molecule has 1 rings (SSSR count). The zero-order chi connectivity index (χ0) is 8.69. The Morgan fingerprint density at radius 2 is 1.64 bits per heavy atom. The van der Waals surface area contributed by atoms with Crippen LogP contribution in [0.2, 0.25) is 0 Å². The van der Waals surface area contributed by atoms with Crippen LogP contribution in [0.1, 0.15) is 33.1 Å². The van der Waals surface area contributed by atoms with Gasteiger partial charge in [0.05, 0.1) is 0 Å². The molecule has 1 aliphatic rings. The molecule has 0 unspecified atom stereocenters. The molecule has 0 bridgehead atoms. The van der Waals surface area contributed by atoms with E-state index in [1.165, 1.54) is 6.42 Å². The van der Waals surface area contributed by atoms with Crippen molar-refractivity contribution in [3.8, 4) is 0 Å². The molecule has 11 heavy (non-hydrogen) atoms. The molecule has 1 fully saturated rings. The predicted octanol–water partition coefficient (Wildman–Crippen LogP) is 2.47. The highest BCUT2D eigenvalue weighted by molar-refractivity contribution is 4.67. The average molecular weight is 161 g/mol. The molecular formula is C9H20FN. The summed E-state index contributed by atoms with van der Waals surface area (Å²) in [5.74, 6) is 0. The van der Waals surface area contributed by atoms with Gasteiger partial charge in [-0.15, -0.1) is 0 Å². The van der Waals surface area contributed by atoms with E-state index in [1.807, 2.05) is 7.05 Å². The standard InChI is InChI=1S/C6H12FN.C3H8/c1-8-4-2-6(7)3-5-8;1-3-2/h6H,2-5H2,1H3;3H2,1-2H3. The first-order valence-corrected chi connectivity index (χ1v) is 4.53. The number of piperidine rings is 1. The largest absolute Gasteiger partial charge is 0.306 e. The Balaban J connectivity index is 0.000000292. The van der Waals surface area contributed by atoms with Crippen LogP contribution in [-0.2, 0) is 0 Å². The lowest BCUT2D eigenvalue weighted by molar-refractivity contribution is 0.174. The highest BCUT2D eigenvalue weighted by Crippen LogP contribution is 2.10. The SMILES string of the molecule is CCC.CN1CCC(F)CC1. The highest BCUT2D eigenvalue weighted by atomic mass is 19.1. The molecule has 0 saturated carbocycles. The van der Waals surface area contributed by atoms with Gasteiger partial charge < -0.3 is 4.90 Å². The molecule has 1 saturated heterocycles. The van der Waals surface area contributed by atoms with Crippen LogP contribution in [0.3, 0.4) is 0 Å². The Morgan fingerprint density at radius 3 is 1.91 bits per heavy atom. The molecule has 0 N–H and O–H groups in total. The lowest BCUT2D eigenvalue weighted by Crippen LogP contribution is -2.30. The Kier molecular flexibility index (Phi) is 6.52. The van der Waals surface area contributed by atoms with Gasteiger partial charge in [-0.1, -0.05) is 20.3 Å². The van der Waals surface area contributed by atoms with Gasteiger partial charge in [-0.25, -0.2) is 4.39 Å². The smallest absolute Gasteiger partial charge is 0.103 e. The fourth-order valence-electron chi connectivity index (χ4n) is 0.977. The molecular weight excluding hydrogens is 141 g/mol. The zero-order valence-corrected chi connectivity index (χ0v) is 7.94. The third kappa shape index (κ3) is 6.29. The summed E-state index contributed by atoms with van der Waals surface area (Å²) in [6.45, 7) is 6.11. The molecule has 0 aliphatic carbocycles. The molecule has 1 nitrogen and oxygen atoms in total. The molecule has 0 aromatic rings. The van der Waals surface area contributed by atoms with Gasteiger partial charge in [0, 0.05) is 13.1 Å². The number of alkyl halides is 1. The molecule has 0 atom stereocenters. The summed E-state index contributed by atoms with van der Waals surface area (Å²) in [5, 5.41) is 0. The van der Waals surface area contributed by atoms with E-state index >= 15 is 0 Å². The fourth-order valence-corrected chi connectivity index (χ4v) is 0.977. The minimum absolute atomic E-state index is 0.522. The van der Waals surface area contributed by atoms with Crippen LogP contribution in [0.15, 0.2) is 0 Å². The van der Waals surface area contributed by atoms with Gasteiger partial charge in [0.2, 0.25) is 0 Å². The van der Waals surface area contributed by atoms with Crippen LogP contribution in [0, 0.1) is 0 Å². The maximum Gasteiger partial charge on any atom is 0.103 e. The van der Waals surface area contributed by atoms with Crippen molar-refractivity contribution in [1.82, 2.24) is 4.90 Å². The number of hydrogen-bond acceptors (Lipinski definition) is 1. The second-order valence-electron chi connectivity index (χ2n) is 3.19. The number of nitrogens with zero attached hydrogens (tertiary/aromatic N) is 1. The molecule has 68 valence electrons. The lowest BCUT2D eigenvalue weighted by atomic mass is 10.1. The molecule has 1 aliphatic heterocycles. The summed E-state index contributed by atoms with van der Waals surface area (Å²) in [6, 6.07) is 0. The topological polar surface area (TPSA) is 3.24 Å². The van der Waals surface area contributed by atoms with E-state index in [9.17, 15) is 4.39 Å². The Labute approximate surface area is 69.6 Å². The van der Waals surface area contributed by atoms with Gasteiger partial charge in [-0.05, 0) is 19.9 Å². The monoisotopic (exact) mass is 161 g/mol. The molecule has 0 aromatic heterocycles. The first-order valence-electron chi connectivity index (χ1n) is 4.53. The molecule has 2 heteroatoms. The van der Waals surface area contributed by atoms with Crippen molar-refractivity contribution in [1.29, 1.82) is 0 Å². The van der Waals surface area contributed by atoms with Crippen molar-refractivity contribution in [3.63, 3.8) is 0 Å². The number of hydrogen-bond donors (Lipinski definition) is 0. The van der Waals surface area contributed by atoms with Gasteiger partial charge in [-0.3, -0.25) is 0 Å². The van der Waals surface area contributed by atoms with Gasteiger partial charge in [0.15, 0.2) is 0 Å². The van der Waals surface area contributed by atoms with Crippen molar-refractivity contribution < 1.29 is 4.39 Å². The minimum atomic E-state index is -0.522. The average Bonchev–Trinajstić information content (AvgIpc) is 1.97. The van der Waals surface area contributed by atoms with Crippen LogP contribution < -0.4 is 0 Å². The third-order valence-electron chi connectivity index (χ3n) is 1.65. The summed E-state index contributed by atoms with van der Waals surface area (Å²) in [7, 11) is 2.03. The molecule has 0 aromatic carbocycles. The summed E-state index contributed by atoms with van der Waals surface area (Å²) in [5.41, 5.74) is 0. The summed E-state index contributed by atoms with van der Waals surface area (Å²) < 4.78 is 12.3. The van der Waals surface area contributed by atoms with Crippen molar-refractivity contribution in [3.05, 3.63) is 0 Å². The summed E-state index contributed by atoms with van der Waals surface area (Å²) in [6.07, 6.45) is 2.19. The molecule has 0 amide bonds. The first-order chi connectivity index (χ1) is 5.20. The predicted molar refractivity (Wildman–Crippen MR) is 47.6 cm³/mol. The van der Waals surface area contributed by atoms with Crippen LogP contribution in [0.4, 0.5) is 4.39 Å². The van der Waals surface area contributed by atoms with Gasteiger partial charge in [-0.2, -0.15) is 0 Å². The summed E-state index contributed by atoms with van der Waals surface area (Å²) >= 11 is 0. The van der Waals surface area contributed by atoms with Crippen LogP contribution >= 0.6 is 0 Å². The minimum Gasteiger partial charge on any atom is -0.306 e. The van der Waals surface area contributed by atoms with Gasteiger partial charge in [0.25, 0.3) is 0 Å².